The van der Waals surface area contributed by atoms with E-state index in [2.05, 4.69) is 24.0 Å². The highest BCUT2D eigenvalue weighted by molar-refractivity contribution is 14.0. The molecular formula is C18H28IN3O. The number of nitrogens with zero attached hydrogens (tertiary/aromatic N) is 2. The number of hydrogen-bond acceptors (Lipinski definition) is 2. The van der Waals surface area contributed by atoms with Crippen LogP contribution in [0.15, 0.2) is 29.3 Å². The highest BCUT2D eigenvalue weighted by Gasteiger charge is 2.53. The number of nitrogens with two attached hydrogens (primary N) is 1. The minimum absolute atomic E-state index is 0. The smallest absolute Gasteiger partial charge is 0.191 e. The van der Waals surface area contributed by atoms with Crippen molar-refractivity contribution in [1.82, 2.24) is 4.90 Å². The second kappa shape index (κ2) is 7.73. The fourth-order valence-corrected chi connectivity index (χ4v) is 3.48. The molecule has 1 heterocycles. The summed E-state index contributed by atoms with van der Waals surface area (Å²) >= 11 is 0. The zero-order valence-electron chi connectivity index (χ0n) is 14.1. The first-order chi connectivity index (χ1) is 10.6. The molecule has 0 radical (unpaired) electrons. The molecule has 2 unspecified atom stereocenters. The van der Waals surface area contributed by atoms with Crippen LogP contribution < -0.4 is 10.5 Å². The molecule has 2 aliphatic rings. The molecule has 2 N–H and O–H groups in total. The van der Waals surface area contributed by atoms with E-state index in [4.69, 9.17) is 15.5 Å². The summed E-state index contributed by atoms with van der Waals surface area (Å²) in [5.41, 5.74) is 7.58. The van der Waals surface area contributed by atoms with Crippen LogP contribution in [0.1, 0.15) is 44.6 Å². The van der Waals surface area contributed by atoms with Crippen LogP contribution in [-0.2, 0) is 5.41 Å². The molecule has 1 aromatic carbocycles. The molecule has 0 spiro atoms. The van der Waals surface area contributed by atoms with Gasteiger partial charge in [0, 0.05) is 24.1 Å². The first-order valence-corrected chi connectivity index (χ1v) is 8.37. The highest BCUT2D eigenvalue weighted by atomic mass is 127. The maximum atomic E-state index is 6.27. The van der Waals surface area contributed by atoms with Crippen LogP contribution in [0.3, 0.4) is 0 Å². The molecule has 23 heavy (non-hydrogen) atoms. The first kappa shape index (κ1) is 18.4. The second-order valence-corrected chi connectivity index (χ2v) is 6.73. The van der Waals surface area contributed by atoms with Gasteiger partial charge in [-0.2, -0.15) is 0 Å². The van der Waals surface area contributed by atoms with Crippen molar-refractivity contribution in [1.29, 1.82) is 0 Å². The van der Waals surface area contributed by atoms with Gasteiger partial charge in [-0.1, -0.05) is 38.0 Å². The summed E-state index contributed by atoms with van der Waals surface area (Å²) in [4.78, 5) is 7.08. The minimum Gasteiger partial charge on any atom is -0.496 e. The average Bonchev–Trinajstić information content (AvgIpc) is 3.26. The second-order valence-electron chi connectivity index (χ2n) is 6.73. The van der Waals surface area contributed by atoms with E-state index in [-0.39, 0.29) is 35.4 Å². The van der Waals surface area contributed by atoms with Gasteiger partial charge in [-0.3, -0.25) is 0 Å². The number of ether oxygens (including phenoxy) is 1. The van der Waals surface area contributed by atoms with E-state index in [1.807, 2.05) is 12.1 Å². The Hall–Kier alpha value is -0.980. The number of halogens is 1. The highest BCUT2D eigenvalue weighted by Crippen LogP contribution is 2.53. The summed E-state index contributed by atoms with van der Waals surface area (Å²) in [5.74, 6) is 1.68. The van der Waals surface area contributed by atoms with E-state index in [1.54, 1.807) is 7.11 Å². The van der Waals surface area contributed by atoms with Crippen LogP contribution in [0.2, 0.25) is 0 Å². The Morgan fingerprint density at radius 2 is 1.87 bits per heavy atom. The SMILES string of the molecule is COc1ccccc1C1(C)CC1N=C(N)N1CCCCCC1.I. The summed E-state index contributed by atoms with van der Waals surface area (Å²) < 4.78 is 5.51. The van der Waals surface area contributed by atoms with Gasteiger partial charge in [0.25, 0.3) is 0 Å². The summed E-state index contributed by atoms with van der Waals surface area (Å²) in [6.07, 6.45) is 6.12. The molecule has 0 bridgehead atoms. The summed E-state index contributed by atoms with van der Waals surface area (Å²) in [5, 5.41) is 0. The van der Waals surface area contributed by atoms with Crippen molar-refractivity contribution in [3.63, 3.8) is 0 Å². The van der Waals surface area contributed by atoms with Gasteiger partial charge in [0.1, 0.15) is 5.75 Å². The molecule has 3 rings (SSSR count). The van der Waals surface area contributed by atoms with Gasteiger partial charge in [-0.15, -0.1) is 24.0 Å². The number of methoxy groups -OCH3 is 1. The third-order valence-electron chi connectivity index (χ3n) is 5.13. The molecule has 1 aliphatic heterocycles. The van der Waals surface area contributed by atoms with Crippen molar-refractivity contribution in [2.75, 3.05) is 20.2 Å². The van der Waals surface area contributed by atoms with Crippen molar-refractivity contribution in [3.8, 4) is 5.75 Å². The molecule has 1 aliphatic carbocycles. The van der Waals surface area contributed by atoms with Crippen LogP contribution in [-0.4, -0.2) is 37.1 Å². The van der Waals surface area contributed by atoms with E-state index < -0.39 is 0 Å². The number of hydrogen-bond donors (Lipinski definition) is 1. The van der Waals surface area contributed by atoms with Gasteiger partial charge < -0.3 is 15.4 Å². The minimum atomic E-state index is 0. The van der Waals surface area contributed by atoms with Crippen molar-refractivity contribution in [2.24, 2.45) is 10.7 Å². The van der Waals surface area contributed by atoms with Gasteiger partial charge in [0.05, 0.1) is 13.2 Å². The standard InChI is InChI=1S/C18H27N3O.HI/c1-18(14-9-5-6-10-15(14)22-2)13-16(18)20-17(19)21-11-7-3-4-8-12-21;/h5-6,9-10,16H,3-4,7-8,11-13H2,1-2H3,(H2,19,20);1H. The van der Waals surface area contributed by atoms with Gasteiger partial charge in [0.15, 0.2) is 5.96 Å². The van der Waals surface area contributed by atoms with Crippen LogP contribution >= 0.6 is 24.0 Å². The number of aliphatic imine (C=N–C) groups is 1. The predicted octanol–water partition coefficient (Wildman–Crippen LogP) is 3.53. The predicted molar refractivity (Wildman–Crippen MR) is 106 cm³/mol. The Balaban J connectivity index is 0.00000192. The third-order valence-corrected chi connectivity index (χ3v) is 5.13. The zero-order valence-corrected chi connectivity index (χ0v) is 16.5. The van der Waals surface area contributed by atoms with Crippen LogP contribution in [0.5, 0.6) is 5.75 Å². The molecule has 4 nitrogen and oxygen atoms in total. The monoisotopic (exact) mass is 429 g/mol. The maximum Gasteiger partial charge on any atom is 0.191 e. The van der Waals surface area contributed by atoms with E-state index in [9.17, 15) is 0 Å². The summed E-state index contributed by atoms with van der Waals surface area (Å²) in [6.45, 7) is 4.36. The molecule has 5 heteroatoms. The Morgan fingerprint density at radius 1 is 1.22 bits per heavy atom. The number of rotatable bonds is 3. The molecule has 1 aromatic rings. The maximum absolute atomic E-state index is 6.27. The van der Waals surface area contributed by atoms with Gasteiger partial charge in [-0.05, 0) is 25.3 Å². The number of benzene rings is 1. The molecule has 0 aromatic heterocycles. The molecule has 2 atom stereocenters. The number of likely N-dealkylation sites (tertiary alicyclic amines) is 1. The third kappa shape index (κ3) is 3.92. The fraction of sp³-hybridized carbons (Fsp3) is 0.611. The normalized spacial score (nSPS) is 27.8. The fourth-order valence-electron chi connectivity index (χ4n) is 3.48. The zero-order chi connectivity index (χ0) is 15.6. The van der Waals surface area contributed by atoms with Crippen molar-refractivity contribution in [2.45, 2.75) is 50.5 Å². The lowest BCUT2D eigenvalue weighted by Crippen LogP contribution is -2.38. The topological polar surface area (TPSA) is 50.9 Å². The lowest BCUT2D eigenvalue weighted by molar-refractivity contribution is 0.404. The Kier molecular flexibility index (Phi) is 6.17. The van der Waals surface area contributed by atoms with Crippen LogP contribution in [0, 0.1) is 0 Å². The lowest BCUT2D eigenvalue weighted by Gasteiger charge is -2.21. The quantitative estimate of drug-likeness (QED) is 0.455. The molecule has 1 saturated carbocycles. The summed E-state index contributed by atoms with van der Waals surface area (Å²) in [6, 6.07) is 8.53. The van der Waals surface area contributed by atoms with Crippen molar-refractivity contribution >= 4 is 29.9 Å². The van der Waals surface area contributed by atoms with E-state index in [1.165, 1.54) is 31.2 Å². The van der Waals surface area contributed by atoms with Gasteiger partial charge >= 0.3 is 0 Å². The molecule has 1 saturated heterocycles. The van der Waals surface area contributed by atoms with E-state index in [0.29, 0.717) is 0 Å². The molecule has 0 amide bonds. The Bertz CT molecular complexity index is 555. The lowest BCUT2D eigenvalue weighted by atomic mass is 9.96. The van der Waals surface area contributed by atoms with Crippen molar-refractivity contribution < 1.29 is 4.74 Å². The van der Waals surface area contributed by atoms with Gasteiger partial charge in [0.2, 0.25) is 0 Å². The average molecular weight is 429 g/mol. The first-order valence-electron chi connectivity index (χ1n) is 8.37. The molecular weight excluding hydrogens is 401 g/mol. The number of guanidine groups is 1. The van der Waals surface area contributed by atoms with Crippen LogP contribution in [0.4, 0.5) is 0 Å². The van der Waals surface area contributed by atoms with E-state index >= 15 is 0 Å². The van der Waals surface area contributed by atoms with E-state index in [0.717, 1.165) is 31.2 Å². The molecule has 128 valence electrons. The molecule has 2 fully saturated rings. The van der Waals surface area contributed by atoms with Crippen molar-refractivity contribution in [3.05, 3.63) is 29.8 Å². The Morgan fingerprint density at radius 3 is 2.52 bits per heavy atom. The van der Waals surface area contributed by atoms with Gasteiger partial charge in [-0.25, -0.2) is 4.99 Å². The van der Waals surface area contributed by atoms with Crippen LogP contribution in [0.25, 0.3) is 0 Å². The largest absolute Gasteiger partial charge is 0.496 e. The Labute approximate surface area is 156 Å². The summed E-state index contributed by atoms with van der Waals surface area (Å²) in [7, 11) is 1.73. The number of para-hydroxylation sites is 1.